The van der Waals surface area contributed by atoms with Crippen LogP contribution in [0.25, 0.3) is 0 Å². The second kappa shape index (κ2) is 9.24. The minimum absolute atomic E-state index is 0.622. The van der Waals surface area contributed by atoms with Crippen LogP contribution in [0.1, 0.15) is 46.1 Å². The van der Waals surface area contributed by atoms with Crippen LogP contribution in [-0.2, 0) is 6.54 Å². The van der Waals surface area contributed by atoms with Crippen molar-refractivity contribution in [3.8, 4) is 0 Å². The highest BCUT2D eigenvalue weighted by atomic mass is 16.4. The normalized spacial score (nSPS) is 11.7. The molecule has 1 aromatic carbocycles. The molecule has 0 aliphatic carbocycles. The number of benzene rings is 1. The van der Waals surface area contributed by atoms with Gasteiger partial charge in [-0.1, -0.05) is 52.0 Å². The highest BCUT2D eigenvalue weighted by molar-refractivity contribution is 6.59. The van der Waals surface area contributed by atoms with E-state index in [0.717, 1.165) is 25.2 Å². The lowest BCUT2D eigenvalue weighted by molar-refractivity contribution is 0.236. The van der Waals surface area contributed by atoms with E-state index in [1.54, 1.807) is 6.07 Å². The van der Waals surface area contributed by atoms with Crippen molar-refractivity contribution < 1.29 is 10.0 Å². The van der Waals surface area contributed by atoms with Crippen LogP contribution in [0, 0.1) is 11.8 Å². The molecule has 0 fully saturated rings. The monoisotopic (exact) mass is 291 g/mol. The van der Waals surface area contributed by atoms with Gasteiger partial charge in [0.25, 0.3) is 0 Å². The molecule has 0 unspecified atom stereocenters. The molecule has 0 spiro atoms. The van der Waals surface area contributed by atoms with Crippen molar-refractivity contribution in [2.45, 2.75) is 47.1 Å². The minimum Gasteiger partial charge on any atom is -0.423 e. The molecule has 0 radical (unpaired) electrons. The smallest absolute Gasteiger partial charge is 0.423 e. The van der Waals surface area contributed by atoms with Crippen molar-refractivity contribution in [3.63, 3.8) is 0 Å². The van der Waals surface area contributed by atoms with Crippen LogP contribution in [0.4, 0.5) is 0 Å². The molecular weight excluding hydrogens is 261 g/mol. The van der Waals surface area contributed by atoms with Gasteiger partial charge >= 0.3 is 7.12 Å². The summed E-state index contributed by atoms with van der Waals surface area (Å²) >= 11 is 0. The van der Waals surface area contributed by atoms with E-state index >= 15 is 0 Å². The first-order chi connectivity index (χ1) is 9.90. The first-order valence-electron chi connectivity index (χ1n) is 8.06. The Kier molecular flexibility index (Phi) is 8.01. The van der Waals surface area contributed by atoms with Gasteiger partial charge in [-0.15, -0.1) is 0 Å². The fourth-order valence-corrected chi connectivity index (χ4v) is 2.32. The molecule has 1 rings (SSSR count). The quantitative estimate of drug-likeness (QED) is 0.686. The molecule has 4 heteroatoms. The predicted octanol–water partition coefficient (Wildman–Crippen LogP) is 2.26. The Labute approximate surface area is 130 Å². The van der Waals surface area contributed by atoms with Crippen molar-refractivity contribution in [3.05, 3.63) is 29.8 Å². The molecule has 3 nitrogen and oxygen atoms in total. The van der Waals surface area contributed by atoms with Gasteiger partial charge in [0.15, 0.2) is 0 Å². The molecule has 0 saturated carbocycles. The van der Waals surface area contributed by atoms with Gasteiger partial charge in [-0.05, 0) is 48.8 Å². The average molecular weight is 291 g/mol. The molecule has 118 valence electrons. The van der Waals surface area contributed by atoms with Crippen LogP contribution in [0.2, 0.25) is 0 Å². The highest BCUT2D eigenvalue weighted by Gasteiger charge is 2.17. The van der Waals surface area contributed by atoms with Gasteiger partial charge in [-0.3, -0.25) is 4.90 Å². The van der Waals surface area contributed by atoms with E-state index in [1.807, 2.05) is 18.2 Å². The largest absolute Gasteiger partial charge is 0.488 e. The Morgan fingerprint density at radius 2 is 1.48 bits per heavy atom. The van der Waals surface area contributed by atoms with Crippen molar-refractivity contribution in [2.75, 3.05) is 13.1 Å². The molecule has 0 atom stereocenters. The molecule has 1 aromatic rings. The first kappa shape index (κ1) is 18.2. The number of hydrogen-bond donors (Lipinski definition) is 2. The lowest BCUT2D eigenvalue weighted by atomic mass is 9.77. The highest BCUT2D eigenvalue weighted by Crippen LogP contribution is 2.10. The van der Waals surface area contributed by atoms with Crippen molar-refractivity contribution in [2.24, 2.45) is 11.8 Å². The summed E-state index contributed by atoms with van der Waals surface area (Å²) in [5.41, 5.74) is 1.64. The molecule has 0 aromatic heterocycles. The van der Waals surface area contributed by atoms with Gasteiger partial charge in [0.2, 0.25) is 0 Å². The molecule has 0 bridgehead atoms. The first-order valence-corrected chi connectivity index (χ1v) is 8.06. The fraction of sp³-hybridized carbons (Fsp3) is 0.647. The Balaban J connectivity index is 2.74. The van der Waals surface area contributed by atoms with E-state index in [1.165, 1.54) is 12.8 Å². The van der Waals surface area contributed by atoms with E-state index < -0.39 is 7.12 Å². The molecule has 0 aliphatic rings. The Bertz CT molecular complexity index is 396. The van der Waals surface area contributed by atoms with Gasteiger partial charge in [0, 0.05) is 6.54 Å². The second-order valence-electron chi connectivity index (χ2n) is 6.71. The standard InChI is InChI=1S/C17H30BNO2/c1-14(2)9-11-19(12-10-15(3)4)13-16-7-5-6-8-17(16)18(20)21/h5-8,14-15,20-21H,9-13H2,1-4H3. The summed E-state index contributed by atoms with van der Waals surface area (Å²) in [5, 5.41) is 19.0. The van der Waals surface area contributed by atoms with Crippen molar-refractivity contribution in [1.82, 2.24) is 4.90 Å². The topological polar surface area (TPSA) is 43.7 Å². The Morgan fingerprint density at radius 1 is 0.952 bits per heavy atom. The number of nitrogens with zero attached hydrogens (tertiary/aromatic N) is 1. The number of hydrogen-bond acceptors (Lipinski definition) is 3. The SMILES string of the molecule is CC(C)CCN(CCC(C)C)Cc1ccccc1B(O)O. The zero-order valence-corrected chi connectivity index (χ0v) is 13.9. The molecular formula is C17H30BNO2. The Morgan fingerprint density at radius 3 is 1.95 bits per heavy atom. The summed E-state index contributed by atoms with van der Waals surface area (Å²) in [6, 6.07) is 7.60. The third kappa shape index (κ3) is 7.12. The molecule has 0 amide bonds. The maximum atomic E-state index is 9.49. The average Bonchev–Trinajstić information content (AvgIpc) is 2.41. The van der Waals surface area contributed by atoms with Crippen LogP contribution in [-0.4, -0.2) is 35.2 Å². The zero-order chi connectivity index (χ0) is 15.8. The Hall–Kier alpha value is -0.835. The summed E-state index contributed by atoms with van der Waals surface area (Å²) < 4.78 is 0. The molecule has 0 saturated heterocycles. The van der Waals surface area contributed by atoms with Crippen molar-refractivity contribution >= 4 is 12.6 Å². The van der Waals surface area contributed by atoms with E-state index in [9.17, 15) is 10.0 Å². The summed E-state index contributed by atoms with van der Waals surface area (Å²) in [5.74, 6) is 1.37. The summed E-state index contributed by atoms with van der Waals surface area (Å²) in [6.07, 6.45) is 2.34. The maximum absolute atomic E-state index is 9.49. The van der Waals surface area contributed by atoms with Crippen LogP contribution < -0.4 is 5.46 Å². The van der Waals surface area contributed by atoms with E-state index in [2.05, 4.69) is 32.6 Å². The van der Waals surface area contributed by atoms with Crippen LogP contribution in [0.5, 0.6) is 0 Å². The van der Waals surface area contributed by atoms with Gasteiger partial charge in [-0.25, -0.2) is 0 Å². The van der Waals surface area contributed by atoms with Gasteiger partial charge in [0.05, 0.1) is 0 Å². The van der Waals surface area contributed by atoms with Gasteiger partial charge in [-0.2, -0.15) is 0 Å². The molecule has 2 N–H and O–H groups in total. The predicted molar refractivity (Wildman–Crippen MR) is 90.5 cm³/mol. The summed E-state index contributed by atoms with van der Waals surface area (Å²) in [6.45, 7) is 11.9. The zero-order valence-electron chi connectivity index (χ0n) is 13.9. The van der Waals surface area contributed by atoms with Crippen molar-refractivity contribution in [1.29, 1.82) is 0 Å². The molecule has 21 heavy (non-hydrogen) atoms. The van der Waals surface area contributed by atoms with E-state index in [4.69, 9.17) is 0 Å². The number of rotatable bonds is 9. The third-order valence-electron chi connectivity index (χ3n) is 3.77. The third-order valence-corrected chi connectivity index (χ3v) is 3.77. The van der Waals surface area contributed by atoms with Crippen LogP contribution in [0.15, 0.2) is 24.3 Å². The van der Waals surface area contributed by atoms with Crippen LogP contribution in [0.3, 0.4) is 0 Å². The van der Waals surface area contributed by atoms with Gasteiger partial charge in [0.1, 0.15) is 0 Å². The lowest BCUT2D eigenvalue weighted by Gasteiger charge is -2.25. The summed E-state index contributed by atoms with van der Waals surface area (Å²) in [7, 11) is -1.39. The molecule has 0 aliphatic heterocycles. The van der Waals surface area contributed by atoms with Gasteiger partial charge < -0.3 is 10.0 Å². The fourth-order valence-electron chi connectivity index (χ4n) is 2.32. The van der Waals surface area contributed by atoms with E-state index in [0.29, 0.717) is 17.3 Å². The van der Waals surface area contributed by atoms with Crippen LogP contribution >= 0.6 is 0 Å². The summed E-state index contributed by atoms with van der Waals surface area (Å²) in [4.78, 5) is 2.43. The minimum atomic E-state index is -1.39. The van der Waals surface area contributed by atoms with E-state index in [-0.39, 0.29) is 0 Å². The second-order valence-corrected chi connectivity index (χ2v) is 6.71. The molecule has 0 heterocycles. The maximum Gasteiger partial charge on any atom is 0.488 e. The lowest BCUT2D eigenvalue weighted by Crippen LogP contribution is -2.36.